The number of hydrogen-bond donors (Lipinski definition) is 1. The molecule has 0 bridgehead atoms. The zero-order valence-corrected chi connectivity index (χ0v) is 13.8. The minimum atomic E-state index is -0.467. The fourth-order valence-electron chi connectivity index (χ4n) is 1.75. The zero-order chi connectivity index (χ0) is 17.1. The highest BCUT2D eigenvalue weighted by molar-refractivity contribution is 5.90. The Bertz CT molecular complexity index is 430. The Balaban J connectivity index is 4.63. The lowest BCUT2D eigenvalue weighted by Crippen LogP contribution is -2.41. The molecule has 0 aliphatic carbocycles. The quantitative estimate of drug-likeness (QED) is 0.516. The third-order valence-corrected chi connectivity index (χ3v) is 2.77. The van der Waals surface area contributed by atoms with Crippen LogP contribution < -0.4 is 5.32 Å². The molecule has 1 unspecified atom stereocenters. The molecule has 0 aliphatic heterocycles. The summed E-state index contributed by atoms with van der Waals surface area (Å²) in [5.74, 6) is -0.999. The molecule has 6 nitrogen and oxygen atoms in total. The molecule has 0 aromatic rings. The van der Waals surface area contributed by atoms with Crippen LogP contribution in [-0.4, -0.2) is 47.9 Å². The van der Waals surface area contributed by atoms with Crippen LogP contribution in [-0.2, 0) is 19.1 Å². The van der Waals surface area contributed by atoms with Crippen LogP contribution in [0.4, 0.5) is 0 Å². The normalized spacial score (nSPS) is 12.0. The average Bonchev–Trinajstić information content (AvgIpc) is 2.43. The number of carbonyl (C=O) groups is 3. The molecule has 0 aromatic heterocycles. The molecule has 0 saturated heterocycles. The summed E-state index contributed by atoms with van der Waals surface area (Å²) in [4.78, 5) is 36.2. The van der Waals surface area contributed by atoms with Gasteiger partial charge in [-0.2, -0.15) is 0 Å². The summed E-state index contributed by atoms with van der Waals surface area (Å²) in [6.07, 6.45) is 4.71. The summed E-state index contributed by atoms with van der Waals surface area (Å²) < 4.78 is 4.85. The van der Waals surface area contributed by atoms with Crippen LogP contribution in [0, 0.1) is 0 Å². The molecule has 0 fully saturated rings. The second-order valence-electron chi connectivity index (χ2n) is 5.13. The van der Waals surface area contributed by atoms with Gasteiger partial charge in [0.2, 0.25) is 11.8 Å². The molecule has 0 heterocycles. The molecule has 2 amide bonds. The van der Waals surface area contributed by atoms with Crippen molar-refractivity contribution in [3.63, 3.8) is 0 Å². The van der Waals surface area contributed by atoms with E-state index >= 15 is 0 Å². The Kier molecular flexibility index (Phi) is 9.58. The maximum absolute atomic E-state index is 11.8. The third kappa shape index (κ3) is 8.24. The minimum Gasteiger partial charge on any atom is -0.465 e. The predicted octanol–water partition coefficient (Wildman–Crippen LogP) is 1.42. The van der Waals surface area contributed by atoms with Gasteiger partial charge in [0.1, 0.15) is 6.54 Å². The first-order chi connectivity index (χ1) is 10.3. The standard InChI is InChI=1S/C16H26N2O4/c1-6-15(20)18(11-16(21)22-7-2)13(5)9-8-10-14(19)17-12(3)4/h6,8,10,12-13H,1,7,9,11H2,2-5H3,(H,17,19)/b10-8+. The van der Waals surface area contributed by atoms with Crippen molar-refractivity contribution in [1.29, 1.82) is 0 Å². The molecule has 22 heavy (non-hydrogen) atoms. The van der Waals surface area contributed by atoms with Crippen molar-refractivity contribution in [3.8, 4) is 0 Å². The van der Waals surface area contributed by atoms with E-state index in [1.807, 2.05) is 13.8 Å². The van der Waals surface area contributed by atoms with E-state index in [4.69, 9.17) is 4.74 Å². The van der Waals surface area contributed by atoms with Crippen LogP contribution in [0.5, 0.6) is 0 Å². The van der Waals surface area contributed by atoms with Crippen LogP contribution >= 0.6 is 0 Å². The van der Waals surface area contributed by atoms with E-state index in [-0.39, 0.29) is 37.0 Å². The Hall–Kier alpha value is -2.11. The van der Waals surface area contributed by atoms with Crippen LogP contribution in [0.2, 0.25) is 0 Å². The van der Waals surface area contributed by atoms with Crippen LogP contribution in [0.3, 0.4) is 0 Å². The number of rotatable bonds is 9. The summed E-state index contributed by atoms with van der Waals surface area (Å²) in [7, 11) is 0. The Labute approximate surface area is 132 Å². The fourth-order valence-corrected chi connectivity index (χ4v) is 1.75. The number of nitrogens with zero attached hydrogens (tertiary/aromatic N) is 1. The van der Waals surface area contributed by atoms with E-state index in [9.17, 15) is 14.4 Å². The maximum atomic E-state index is 11.8. The van der Waals surface area contributed by atoms with Gasteiger partial charge >= 0.3 is 5.97 Å². The minimum absolute atomic E-state index is 0.0669. The Morgan fingerprint density at radius 2 is 1.91 bits per heavy atom. The molecule has 0 rings (SSSR count). The molecule has 1 N–H and O–H groups in total. The number of hydrogen-bond acceptors (Lipinski definition) is 4. The zero-order valence-electron chi connectivity index (χ0n) is 13.8. The smallest absolute Gasteiger partial charge is 0.325 e. The van der Waals surface area contributed by atoms with E-state index in [0.29, 0.717) is 6.42 Å². The van der Waals surface area contributed by atoms with Gasteiger partial charge in [0.25, 0.3) is 0 Å². The van der Waals surface area contributed by atoms with Crippen molar-refractivity contribution in [2.75, 3.05) is 13.2 Å². The lowest BCUT2D eigenvalue weighted by molar-refractivity contribution is -0.148. The molecular weight excluding hydrogens is 284 g/mol. The topological polar surface area (TPSA) is 75.7 Å². The first-order valence-corrected chi connectivity index (χ1v) is 7.37. The number of nitrogens with one attached hydrogen (secondary N) is 1. The van der Waals surface area contributed by atoms with E-state index in [0.717, 1.165) is 6.08 Å². The van der Waals surface area contributed by atoms with E-state index in [1.165, 1.54) is 11.0 Å². The maximum Gasteiger partial charge on any atom is 0.325 e. The van der Waals surface area contributed by atoms with Gasteiger partial charge in [-0.15, -0.1) is 0 Å². The highest BCUT2D eigenvalue weighted by Gasteiger charge is 2.20. The Morgan fingerprint density at radius 1 is 1.27 bits per heavy atom. The number of carbonyl (C=O) groups excluding carboxylic acids is 3. The molecule has 0 aromatic carbocycles. The van der Waals surface area contributed by atoms with Gasteiger partial charge in [0, 0.05) is 12.1 Å². The van der Waals surface area contributed by atoms with Crippen LogP contribution in [0.15, 0.2) is 24.8 Å². The lowest BCUT2D eigenvalue weighted by atomic mass is 10.2. The monoisotopic (exact) mass is 310 g/mol. The average molecular weight is 310 g/mol. The second kappa shape index (κ2) is 10.6. The predicted molar refractivity (Wildman–Crippen MR) is 85.0 cm³/mol. The van der Waals surface area contributed by atoms with Gasteiger partial charge < -0.3 is 15.0 Å². The van der Waals surface area contributed by atoms with Gasteiger partial charge in [-0.25, -0.2) is 0 Å². The van der Waals surface area contributed by atoms with Crippen molar-refractivity contribution in [2.24, 2.45) is 0 Å². The third-order valence-electron chi connectivity index (χ3n) is 2.77. The first kappa shape index (κ1) is 19.9. The highest BCUT2D eigenvalue weighted by atomic mass is 16.5. The molecule has 0 aliphatic rings. The van der Waals surface area contributed by atoms with Crippen molar-refractivity contribution in [3.05, 3.63) is 24.8 Å². The second-order valence-corrected chi connectivity index (χ2v) is 5.13. The summed E-state index contributed by atoms with van der Waals surface area (Å²) in [5, 5.41) is 2.73. The van der Waals surface area contributed by atoms with Gasteiger partial charge in [-0.05, 0) is 46.3 Å². The lowest BCUT2D eigenvalue weighted by Gasteiger charge is -2.26. The van der Waals surface area contributed by atoms with Crippen LogP contribution in [0.25, 0.3) is 0 Å². The highest BCUT2D eigenvalue weighted by Crippen LogP contribution is 2.06. The summed E-state index contributed by atoms with van der Waals surface area (Å²) in [5.41, 5.74) is 0. The van der Waals surface area contributed by atoms with Gasteiger partial charge in [-0.3, -0.25) is 14.4 Å². The molecule has 0 saturated carbocycles. The molecule has 6 heteroatoms. The number of esters is 1. The number of amides is 2. The van der Waals surface area contributed by atoms with E-state index < -0.39 is 5.97 Å². The number of ether oxygens (including phenoxy) is 1. The van der Waals surface area contributed by atoms with Crippen molar-refractivity contribution < 1.29 is 19.1 Å². The molecule has 0 spiro atoms. The summed E-state index contributed by atoms with van der Waals surface area (Å²) in [6.45, 7) is 10.8. The summed E-state index contributed by atoms with van der Waals surface area (Å²) >= 11 is 0. The van der Waals surface area contributed by atoms with Crippen LogP contribution in [0.1, 0.15) is 34.1 Å². The molecule has 0 radical (unpaired) electrons. The summed E-state index contributed by atoms with van der Waals surface area (Å²) in [6, 6.07) is -0.185. The van der Waals surface area contributed by atoms with Gasteiger partial charge in [0.15, 0.2) is 0 Å². The van der Waals surface area contributed by atoms with Crippen molar-refractivity contribution >= 4 is 17.8 Å². The molecule has 1 atom stereocenters. The van der Waals surface area contributed by atoms with E-state index in [2.05, 4.69) is 11.9 Å². The van der Waals surface area contributed by atoms with E-state index in [1.54, 1.807) is 19.9 Å². The largest absolute Gasteiger partial charge is 0.465 e. The van der Waals surface area contributed by atoms with Crippen molar-refractivity contribution in [1.82, 2.24) is 10.2 Å². The molecule has 124 valence electrons. The van der Waals surface area contributed by atoms with Gasteiger partial charge in [-0.1, -0.05) is 12.7 Å². The first-order valence-electron chi connectivity index (χ1n) is 7.37. The Morgan fingerprint density at radius 3 is 2.41 bits per heavy atom. The SMILES string of the molecule is C=CC(=O)N(CC(=O)OCC)C(C)C/C=C/C(=O)NC(C)C. The van der Waals surface area contributed by atoms with Gasteiger partial charge in [0.05, 0.1) is 6.61 Å². The van der Waals surface area contributed by atoms with Crippen molar-refractivity contribution in [2.45, 2.75) is 46.2 Å². The molecular formula is C16H26N2O4. The fraction of sp³-hybridized carbons (Fsp3) is 0.562.